The Kier molecular flexibility index (Phi) is 6.60. The highest BCUT2D eigenvalue weighted by molar-refractivity contribution is 6.07. The summed E-state index contributed by atoms with van der Waals surface area (Å²) in [5, 5.41) is 0. The third-order valence-corrected chi connectivity index (χ3v) is 3.99. The van der Waals surface area contributed by atoms with Crippen molar-refractivity contribution in [2.24, 2.45) is 0 Å². The number of methoxy groups -OCH3 is 1. The van der Waals surface area contributed by atoms with Crippen molar-refractivity contribution in [2.75, 3.05) is 33.3 Å². The first kappa shape index (κ1) is 20.5. The minimum atomic E-state index is -0.547. The molecule has 1 aromatic carbocycles. The Balaban J connectivity index is 1.85. The first-order valence-corrected chi connectivity index (χ1v) is 8.83. The number of allylic oxidation sites excluding steroid dienone is 1. The molecule has 0 unspecified atom stereocenters. The van der Waals surface area contributed by atoms with Gasteiger partial charge in [0.05, 0.1) is 7.11 Å². The van der Waals surface area contributed by atoms with Crippen LogP contribution in [0.2, 0.25) is 0 Å². The zero-order valence-electron chi connectivity index (χ0n) is 16.2. The van der Waals surface area contributed by atoms with E-state index < -0.39 is 5.60 Å². The summed E-state index contributed by atoms with van der Waals surface area (Å²) in [6.45, 7) is 7.06. The fraction of sp³-hybridized carbons (Fsp3) is 0.450. The normalized spacial score (nSPS) is 15.0. The molecule has 0 aromatic heterocycles. The maximum Gasteiger partial charge on any atom is 0.410 e. The highest BCUT2D eigenvalue weighted by atomic mass is 16.6. The molecular formula is C20H26N2O5. The molecule has 0 aliphatic carbocycles. The molecular weight excluding hydrogens is 348 g/mol. The number of amides is 2. The van der Waals surface area contributed by atoms with Gasteiger partial charge in [-0.15, -0.1) is 0 Å². The van der Waals surface area contributed by atoms with E-state index in [0.29, 0.717) is 37.5 Å². The number of carbonyl (C=O) groups is 3. The van der Waals surface area contributed by atoms with Crippen molar-refractivity contribution in [2.45, 2.75) is 26.4 Å². The van der Waals surface area contributed by atoms with E-state index in [2.05, 4.69) is 0 Å². The van der Waals surface area contributed by atoms with Gasteiger partial charge in [-0.2, -0.15) is 0 Å². The van der Waals surface area contributed by atoms with Gasteiger partial charge in [0.1, 0.15) is 11.4 Å². The molecule has 27 heavy (non-hydrogen) atoms. The summed E-state index contributed by atoms with van der Waals surface area (Å²) in [7, 11) is 1.55. The Morgan fingerprint density at radius 2 is 1.48 bits per heavy atom. The molecule has 0 atom stereocenters. The second-order valence-electron chi connectivity index (χ2n) is 7.22. The van der Waals surface area contributed by atoms with Crippen LogP contribution < -0.4 is 4.74 Å². The Morgan fingerprint density at radius 1 is 0.926 bits per heavy atom. The number of carbonyl (C=O) groups excluding carboxylic acids is 3. The van der Waals surface area contributed by atoms with Gasteiger partial charge in [-0.3, -0.25) is 9.59 Å². The van der Waals surface area contributed by atoms with E-state index in [-0.39, 0.29) is 17.8 Å². The Hall–Kier alpha value is -2.83. The molecule has 7 nitrogen and oxygen atoms in total. The molecule has 0 radical (unpaired) electrons. The van der Waals surface area contributed by atoms with Gasteiger partial charge in [0.25, 0.3) is 0 Å². The first-order valence-electron chi connectivity index (χ1n) is 8.83. The van der Waals surface area contributed by atoms with Gasteiger partial charge >= 0.3 is 6.09 Å². The zero-order valence-corrected chi connectivity index (χ0v) is 16.2. The maximum absolute atomic E-state index is 12.3. The Bertz CT molecular complexity index is 711. The summed E-state index contributed by atoms with van der Waals surface area (Å²) in [6, 6.07) is 6.68. The van der Waals surface area contributed by atoms with Crippen LogP contribution in [0.5, 0.6) is 5.75 Å². The van der Waals surface area contributed by atoms with Crippen LogP contribution in [0.25, 0.3) is 0 Å². The zero-order chi connectivity index (χ0) is 20.0. The molecule has 7 heteroatoms. The van der Waals surface area contributed by atoms with Crippen molar-refractivity contribution < 1.29 is 23.9 Å². The lowest BCUT2D eigenvalue weighted by Crippen LogP contribution is -2.51. The van der Waals surface area contributed by atoms with Gasteiger partial charge in [0, 0.05) is 37.8 Å². The largest absolute Gasteiger partial charge is 0.497 e. The smallest absolute Gasteiger partial charge is 0.410 e. The molecule has 0 bridgehead atoms. The lowest BCUT2D eigenvalue weighted by Gasteiger charge is -2.35. The number of benzene rings is 1. The molecule has 1 saturated heterocycles. The molecule has 2 rings (SSSR count). The number of piperazine rings is 1. The van der Waals surface area contributed by atoms with Crippen LogP contribution in [0, 0.1) is 0 Å². The van der Waals surface area contributed by atoms with Gasteiger partial charge < -0.3 is 19.3 Å². The Labute approximate surface area is 159 Å². The predicted molar refractivity (Wildman–Crippen MR) is 101 cm³/mol. The monoisotopic (exact) mass is 374 g/mol. The summed E-state index contributed by atoms with van der Waals surface area (Å²) in [6.07, 6.45) is 2.17. The summed E-state index contributed by atoms with van der Waals surface area (Å²) >= 11 is 0. The molecule has 2 amide bonds. The van der Waals surface area contributed by atoms with Crippen molar-refractivity contribution in [3.63, 3.8) is 0 Å². The number of rotatable bonds is 4. The van der Waals surface area contributed by atoms with Crippen molar-refractivity contribution in [3.8, 4) is 5.75 Å². The Morgan fingerprint density at radius 3 is 2.00 bits per heavy atom. The van der Waals surface area contributed by atoms with Crippen LogP contribution in [0.15, 0.2) is 36.4 Å². The van der Waals surface area contributed by atoms with Crippen LogP contribution in [0.3, 0.4) is 0 Å². The number of nitrogens with zero attached hydrogens (tertiary/aromatic N) is 2. The van der Waals surface area contributed by atoms with Crippen molar-refractivity contribution in [3.05, 3.63) is 42.0 Å². The number of ketones is 1. The van der Waals surface area contributed by atoms with Crippen LogP contribution in [0.4, 0.5) is 4.79 Å². The van der Waals surface area contributed by atoms with Crippen molar-refractivity contribution in [1.29, 1.82) is 0 Å². The molecule has 146 valence electrons. The minimum absolute atomic E-state index is 0.249. The van der Waals surface area contributed by atoms with E-state index in [9.17, 15) is 14.4 Å². The predicted octanol–water partition coefficient (Wildman–Crippen LogP) is 2.51. The van der Waals surface area contributed by atoms with E-state index in [1.54, 1.807) is 41.2 Å². The standard InChI is InChI=1S/C20H26N2O5/c1-20(2,3)27-19(25)22-13-11-21(12-14-22)18(24)10-9-17(23)15-5-7-16(26-4)8-6-15/h5-10H,11-14H2,1-4H3/b10-9-. The lowest BCUT2D eigenvalue weighted by molar-refractivity contribution is -0.127. The second-order valence-corrected chi connectivity index (χ2v) is 7.22. The van der Waals surface area contributed by atoms with Gasteiger partial charge in [-0.1, -0.05) is 0 Å². The highest BCUT2D eigenvalue weighted by Crippen LogP contribution is 2.13. The fourth-order valence-corrected chi connectivity index (χ4v) is 2.54. The summed E-state index contributed by atoms with van der Waals surface area (Å²) < 4.78 is 10.4. The summed E-state index contributed by atoms with van der Waals surface area (Å²) in [5.74, 6) is 0.161. The third kappa shape index (κ3) is 6.13. The second kappa shape index (κ2) is 8.70. The molecule has 1 heterocycles. The molecule has 1 aliphatic heterocycles. The van der Waals surface area contributed by atoms with Crippen molar-refractivity contribution >= 4 is 17.8 Å². The van der Waals surface area contributed by atoms with Crippen molar-refractivity contribution in [1.82, 2.24) is 9.80 Å². The van der Waals surface area contributed by atoms with E-state index in [4.69, 9.17) is 9.47 Å². The van der Waals surface area contributed by atoms with E-state index in [0.717, 1.165) is 0 Å². The molecule has 1 fully saturated rings. The third-order valence-electron chi connectivity index (χ3n) is 3.99. The maximum atomic E-state index is 12.3. The average molecular weight is 374 g/mol. The topological polar surface area (TPSA) is 76.2 Å². The molecule has 0 saturated carbocycles. The minimum Gasteiger partial charge on any atom is -0.497 e. The highest BCUT2D eigenvalue weighted by Gasteiger charge is 2.27. The first-order chi connectivity index (χ1) is 12.7. The van der Waals surface area contributed by atoms with E-state index in [1.165, 1.54) is 12.2 Å². The van der Waals surface area contributed by atoms with Gasteiger partial charge in [0.2, 0.25) is 5.91 Å². The summed E-state index contributed by atoms with van der Waals surface area (Å²) in [5.41, 5.74) is -0.0659. The van der Waals surface area contributed by atoms with E-state index >= 15 is 0 Å². The molecule has 1 aromatic rings. The molecule has 1 aliphatic rings. The van der Waals surface area contributed by atoms with Crippen LogP contribution in [0.1, 0.15) is 31.1 Å². The molecule has 0 spiro atoms. The van der Waals surface area contributed by atoms with E-state index in [1.807, 2.05) is 20.8 Å². The number of ether oxygens (including phenoxy) is 2. The fourth-order valence-electron chi connectivity index (χ4n) is 2.54. The van der Waals surface area contributed by atoms with Crippen LogP contribution in [-0.4, -0.2) is 66.5 Å². The lowest BCUT2D eigenvalue weighted by atomic mass is 10.1. The van der Waals surface area contributed by atoms with Crippen LogP contribution >= 0.6 is 0 Å². The number of hydrogen-bond donors (Lipinski definition) is 0. The van der Waals surface area contributed by atoms with Crippen LogP contribution in [-0.2, 0) is 9.53 Å². The molecule has 0 N–H and O–H groups in total. The summed E-state index contributed by atoms with van der Waals surface area (Å²) in [4.78, 5) is 39.6. The average Bonchev–Trinajstić information content (AvgIpc) is 2.64. The SMILES string of the molecule is COc1ccc(C(=O)/C=C\C(=O)N2CCN(C(=O)OC(C)(C)C)CC2)cc1. The number of hydrogen-bond acceptors (Lipinski definition) is 5. The van der Waals surface area contributed by atoms with Gasteiger partial charge in [-0.05, 0) is 51.1 Å². The van der Waals surface area contributed by atoms with Gasteiger partial charge in [-0.25, -0.2) is 4.79 Å². The quantitative estimate of drug-likeness (QED) is 0.598. The van der Waals surface area contributed by atoms with Gasteiger partial charge in [0.15, 0.2) is 5.78 Å².